The fourth-order valence-electron chi connectivity index (χ4n) is 2.38. The van der Waals surface area contributed by atoms with Crippen LogP contribution in [0.15, 0.2) is 34.7 Å². The lowest BCUT2D eigenvalue weighted by Crippen LogP contribution is -2.30. The maximum absolute atomic E-state index is 12.6. The van der Waals surface area contributed by atoms with Crippen molar-refractivity contribution in [2.75, 3.05) is 13.1 Å². The lowest BCUT2D eigenvalue weighted by Gasteiger charge is -2.16. The summed E-state index contributed by atoms with van der Waals surface area (Å²) in [7, 11) is -3.40. The number of sulfonamides is 1. The van der Waals surface area contributed by atoms with Crippen molar-refractivity contribution < 1.29 is 13.2 Å². The number of aromatic nitrogens is 1. The molecule has 0 N–H and O–H groups in total. The fraction of sp³-hybridized carbons (Fsp3) is 0.400. The summed E-state index contributed by atoms with van der Waals surface area (Å²) in [5.74, 6) is 0.543. The largest absolute Gasteiger partial charge is 0.473 e. The zero-order valence-corrected chi connectivity index (χ0v) is 14.2. The maximum Gasteiger partial charge on any atom is 0.252 e. The quantitative estimate of drug-likeness (QED) is 0.860. The molecule has 1 atom stereocenters. The Balaban J connectivity index is 1.68. The summed E-state index contributed by atoms with van der Waals surface area (Å²) in [6, 6.07) is 7.25. The second-order valence-electron chi connectivity index (χ2n) is 5.43. The lowest BCUT2D eigenvalue weighted by atomic mass is 10.3. The molecule has 0 aromatic carbocycles. The molecule has 3 heterocycles. The number of pyridine rings is 1. The maximum atomic E-state index is 12.6. The summed E-state index contributed by atoms with van der Waals surface area (Å²) in [5, 5.41) is 0. The first-order valence-electron chi connectivity index (χ1n) is 7.11. The van der Waals surface area contributed by atoms with E-state index in [1.54, 1.807) is 12.3 Å². The Morgan fingerprint density at radius 2 is 2.09 bits per heavy atom. The van der Waals surface area contributed by atoms with Crippen LogP contribution in [-0.4, -0.2) is 36.9 Å². The molecule has 22 heavy (non-hydrogen) atoms. The predicted molar refractivity (Wildman–Crippen MR) is 85.8 cm³/mol. The number of rotatable bonds is 4. The van der Waals surface area contributed by atoms with E-state index < -0.39 is 10.0 Å². The average molecular weight is 338 g/mol. The molecule has 0 bridgehead atoms. The fourth-order valence-corrected chi connectivity index (χ4v) is 5.31. The van der Waals surface area contributed by atoms with Gasteiger partial charge in [0.05, 0.1) is 6.54 Å². The highest BCUT2D eigenvalue weighted by Gasteiger charge is 2.34. The van der Waals surface area contributed by atoms with Crippen LogP contribution >= 0.6 is 11.3 Å². The van der Waals surface area contributed by atoms with Gasteiger partial charge in [0.2, 0.25) is 5.88 Å². The first-order valence-corrected chi connectivity index (χ1v) is 9.37. The van der Waals surface area contributed by atoms with Crippen LogP contribution in [0.25, 0.3) is 0 Å². The van der Waals surface area contributed by atoms with Gasteiger partial charge in [0.1, 0.15) is 10.3 Å². The first kappa shape index (κ1) is 15.5. The van der Waals surface area contributed by atoms with Crippen molar-refractivity contribution in [1.29, 1.82) is 0 Å². The van der Waals surface area contributed by atoms with Crippen LogP contribution in [0.4, 0.5) is 0 Å². The topological polar surface area (TPSA) is 59.5 Å². The Bertz CT molecular complexity index is 753. The predicted octanol–water partition coefficient (Wildman–Crippen LogP) is 2.60. The number of ether oxygens (including phenoxy) is 1. The molecule has 1 aliphatic rings. The number of aryl methyl sites for hydroxylation is 2. The molecule has 1 unspecified atom stereocenters. The van der Waals surface area contributed by atoms with Crippen molar-refractivity contribution >= 4 is 21.4 Å². The minimum atomic E-state index is -3.40. The third kappa shape index (κ3) is 3.16. The van der Waals surface area contributed by atoms with E-state index in [1.165, 1.54) is 15.6 Å². The van der Waals surface area contributed by atoms with Gasteiger partial charge in [-0.3, -0.25) is 0 Å². The summed E-state index contributed by atoms with van der Waals surface area (Å²) in [4.78, 5) is 5.20. The van der Waals surface area contributed by atoms with E-state index in [1.807, 2.05) is 32.0 Å². The molecular formula is C15H18N2O3S2. The van der Waals surface area contributed by atoms with Crippen molar-refractivity contribution in [3.63, 3.8) is 0 Å². The zero-order chi connectivity index (χ0) is 15.7. The van der Waals surface area contributed by atoms with E-state index in [0.29, 0.717) is 29.6 Å². The van der Waals surface area contributed by atoms with Crippen molar-refractivity contribution in [1.82, 2.24) is 9.29 Å². The van der Waals surface area contributed by atoms with E-state index in [0.717, 1.165) is 10.4 Å². The Morgan fingerprint density at radius 1 is 1.27 bits per heavy atom. The van der Waals surface area contributed by atoms with Crippen LogP contribution < -0.4 is 4.74 Å². The van der Waals surface area contributed by atoms with Crippen LogP contribution in [0.5, 0.6) is 5.88 Å². The standard InChI is InChI=1S/C15H18N2O3S2/c1-11-3-5-14(16-9-11)20-13-7-8-17(10-13)22(18,19)15-6-4-12(2)21-15/h3-6,9,13H,7-8,10H2,1-2H3. The lowest BCUT2D eigenvalue weighted by molar-refractivity contribution is 0.207. The van der Waals surface area contributed by atoms with Gasteiger partial charge in [-0.1, -0.05) is 6.07 Å². The third-order valence-electron chi connectivity index (χ3n) is 3.59. The molecule has 2 aromatic rings. The molecule has 0 amide bonds. The Morgan fingerprint density at radius 3 is 2.73 bits per heavy atom. The highest BCUT2D eigenvalue weighted by molar-refractivity contribution is 7.91. The normalized spacial score (nSPS) is 19.5. The van der Waals surface area contributed by atoms with Gasteiger partial charge in [-0.15, -0.1) is 11.3 Å². The minimum absolute atomic E-state index is 0.147. The van der Waals surface area contributed by atoms with Gasteiger partial charge in [-0.25, -0.2) is 13.4 Å². The van der Waals surface area contributed by atoms with Crippen LogP contribution in [0, 0.1) is 13.8 Å². The highest BCUT2D eigenvalue weighted by Crippen LogP contribution is 2.28. The summed E-state index contributed by atoms with van der Waals surface area (Å²) in [6.45, 7) is 4.72. The SMILES string of the molecule is Cc1ccc(OC2CCN(S(=O)(=O)c3ccc(C)s3)C2)nc1. The molecule has 1 fully saturated rings. The van der Waals surface area contributed by atoms with Crippen molar-refractivity contribution in [3.05, 3.63) is 40.9 Å². The molecule has 0 spiro atoms. The van der Waals surface area contributed by atoms with Gasteiger partial charge in [0.15, 0.2) is 0 Å². The van der Waals surface area contributed by atoms with Gasteiger partial charge < -0.3 is 4.74 Å². The molecule has 1 aliphatic heterocycles. The Hall–Kier alpha value is -1.44. The molecule has 3 rings (SSSR count). The average Bonchev–Trinajstić information content (AvgIpc) is 3.11. The van der Waals surface area contributed by atoms with Gasteiger partial charge in [0, 0.05) is 23.7 Å². The van der Waals surface area contributed by atoms with Crippen LogP contribution in [0.2, 0.25) is 0 Å². The van der Waals surface area contributed by atoms with Gasteiger partial charge in [-0.05, 0) is 38.0 Å². The van der Waals surface area contributed by atoms with Crippen molar-refractivity contribution in [3.8, 4) is 5.88 Å². The van der Waals surface area contributed by atoms with Gasteiger partial charge in [0.25, 0.3) is 10.0 Å². The molecule has 1 saturated heterocycles. The van der Waals surface area contributed by atoms with Crippen LogP contribution in [0.3, 0.4) is 0 Å². The van der Waals surface area contributed by atoms with E-state index in [4.69, 9.17) is 4.74 Å². The smallest absolute Gasteiger partial charge is 0.252 e. The molecule has 2 aromatic heterocycles. The second-order valence-corrected chi connectivity index (χ2v) is 8.88. The van der Waals surface area contributed by atoms with Crippen LogP contribution in [0.1, 0.15) is 16.9 Å². The Labute approximate surface area is 134 Å². The summed E-state index contributed by atoms with van der Waals surface area (Å²) < 4.78 is 32.8. The molecule has 7 heteroatoms. The summed E-state index contributed by atoms with van der Waals surface area (Å²) >= 11 is 1.31. The summed E-state index contributed by atoms with van der Waals surface area (Å²) in [5.41, 5.74) is 1.07. The van der Waals surface area contributed by atoms with Gasteiger partial charge >= 0.3 is 0 Å². The molecule has 0 saturated carbocycles. The second kappa shape index (κ2) is 5.98. The molecule has 5 nitrogen and oxygen atoms in total. The van der Waals surface area contributed by atoms with E-state index >= 15 is 0 Å². The minimum Gasteiger partial charge on any atom is -0.473 e. The zero-order valence-electron chi connectivity index (χ0n) is 12.5. The molecule has 118 valence electrons. The molecule has 0 aliphatic carbocycles. The third-order valence-corrected chi connectivity index (χ3v) is 6.92. The van der Waals surface area contributed by atoms with Crippen LogP contribution in [-0.2, 0) is 10.0 Å². The molecule has 0 radical (unpaired) electrons. The van der Waals surface area contributed by atoms with Gasteiger partial charge in [-0.2, -0.15) is 4.31 Å². The summed E-state index contributed by atoms with van der Waals surface area (Å²) in [6.07, 6.45) is 2.28. The monoisotopic (exact) mass is 338 g/mol. The van der Waals surface area contributed by atoms with E-state index in [-0.39, 0.29) is 6.10 Å². The number of nitrogens with zero attached hydrogens (tertiary/aromatic N) is 2. The first-order chi connectivity index (χ1) is 10.4. The number of thiophene rings is 1. The molecular weight excluding hydrogens is 320 g/mol. The number of hydrogen-bond donors (Lipinski definition) is 0. The van der Waals surface area contributed by atoms with E-state index in [2.05, 4.69) is 4.98 Å². The van der Waals surface area contributed by atoms with E-state index in [9.17, 15) is 8.42 Å². The van der Waals surface area contributed by atoms with Crippen molar-refractivity contribution in [2.24, 2.45) is 0 Å². The number of hydrogen-bond acceptors (Lipinski definition) is 5. The highest BCUT2D eigenvalue weighted by atomic mass is 32.2. The Kier molecular flexibility index (Phi) is 4.20. The van der Waals surface area contributed by atoms with Crippen molar-refractivity contribution in [2.45, 2.75) is 30.6 Å².